The van der Waals surface area contributed by atoms with E-state index in [9.17, 15) is 9.59 Å². The molecule has 4 heteroatoms. The maximum absolute atomic E-state index is 12.5. The maximum Gasteiger partial charge on any atom is 0.308 e. The van der Waals surface area contributed by atoms with Gasteiger partial charge in [-0.05, 0) is 24.2 Å². The Morgan fingerprint density at radius 2 is 1.94 bits per heavy atom. The second-order valence-corrected chi connectivity index (χ2v) is 6.60. The molecular weight excluding hydrogens is 230 g/mol. The Hall–Kier alpha value is -1.06. The monoisotopic (exact) mass is 253 g/mol. The molecular formula is C14H23NO3. The van der Waals surface area contributed by atoms with Gasteiger partial charge in [-0.2, -0.15) is 0 Å². The molecule has 1 N–H and O–H groups in total. The van der Waals surface area contributed by atoms with Gasteiger partial charge in [0.15, 0.2) is 0 Å². The van der Waals surface area contributed by atoms with Gasteiger partial charge in [0.1, 0.15) is 0 Å². The topological polar surface area (TPSA) is 57.6 Å². The number of carboxylic acid groups (broad SMARTS) is 1. The molecule has 1 heterocycles. The molecule has 0 radical (unpaired) electrons. The van der Waals surface area contributed by atoms with Gasteiger partial charge >= 0.3 is 5.97 Å². The Morgan fingerprint density at radius 1 is 1.28 bits per heavy atom. The second kappa shape index (κ2) is 4.56. The number of carboxylic acids is 1. The van der Waals surface area contributed by atoms with Gasteiger partial charge in [-0.15, -0.1) is 0 Å². The van der Waals surface area contributed by atoms with Crippen molar-refractivity contribution in [2.45, 2.75) is 40.0 Å². The van der Waals surface area contributed by atoms with Crippen molar-refractivity contribution >= 4 is 11.9 Å². The first-order valence-electron chi connectivity index (χ1n) is 6.84. The molecule has 1 aliphatic carbocycles. The van der Waals surface area contributed by atoms with Crippen molar-refractivity contribution in [3.63, 3.8) is 0 Å². The van der Waals surface area contributed by atoms with Gasteiger partial charge in [0.05, 0.1) is 5.92 Å². The maximum atomic E-state index is 12.5. The molecule has 1 amide bonds. The third-order valence-corrected chi connectivity index (χ3v) is 4.80. The van der Waals surface area contributed by atoms with Crippen LogP contribution in [0.25, 0.3) is 0 Å². The van der Waals surface area contributed by atoms with Crippen LogP contribution < -0.4 is 0 Å². The normalized spacial score (nSPS) is 34.8. The smallest absolute Gasteiger partial charge is 0.308 e. The number of rotatable bonds is 2. The number of hydrogen-bond donors (Lipinski definition) is 1. The Morgan fingerprint density at radius 3 is 2.39 bits per heavy atom. The first-order chi connectivity index (χ1) is 8.33. The second-order valence-electron chi connectivity index (χ2n) is 6.60. The van der Waals surface area contributed by atoms with Crippen LogP contribution in [0, 0.1) is 23.2 Å². The highest BCUT2D eigenvalue weighted by molar-refractivity contribution is 5.81. The van der Waals surface area contributed by atoms with E-state index in [-0.39, 0.29) is 23.2 Å². The van der Waals surface area contributed by atoms with Crippen LogP contribution in [0.3, 0.4) is 0 Å². The van der Waals surface area contributed by atoms with Crippen molar-refractivity contribution < 1.29 is 14.7 Å². The van der Waals surface area contributed by atoms with Gasteiger partial charge in [0.2, 0.25) is 5.91 Å². The lowest BCUT2D eigenvalue weighted by Crippen LogP contribution is -2.39. The average Bonchev–Trinajstić information content (AvgIpc) is 2.80. The van der Waals surface area contributed by atoms with Crippen LogP contribution in [0.1, 0.15) is 40.0 Å². The summed E-state index contributed by atoms with van der Waals surface area (Å²) in [7, 11) is 0. The SMILES string of the molecule is C[C@@H]1CN(C(=O)C2CCCC2(C)C)C[C@H]1C(=O)O. The molecule has 1 saturated carbocycles. The van der Waals surface area contributed by atoms with E-state index in [2.05, 4.69) is 13.8 Å². The van der Waals surface area contributed by atoms with E-state index in [1.165, 1.54) is 0 Å². The van der Waals surface area contributed by atoms with Crippen molar-refractivity contribution in [2.24, 2.45) is 23.2 Å². The van der Waals surface area contributed by atoms with E-state index in [0.717, 1.165) is 19.3 Å². The van der Waals surface area contributed by atoms with E-state index >= 15 is 0 Å². The molecule has 0 aromatic heterocycles. The van der Waals surface area contributed by atoms with Gasteiger partial charge in [0.25, 0.3) is 0 Å². The van der Waals surface area contributed by atoms with E-state index in [0.29, 0.717) is 13.1 Å². The molecule has 2 fully saturated rings. The summed E-state index contributed by atoms with van der Waals surface area (Å²) < 4.78 is 0. The Labute approximate surface area is 108 Å². The van der Waals surface area contributed by atoms with Gasteiger partial charge in [-0.3, -0.25) is 9.59 Å². The zero-order valence-corrected chi connectivity index (χ0v) is 11.5. The van der Waals surface area contributed by atoms with Crippen molar-refractivity contribution in [1.82, 2.24) is 4.90 Å². The Bertz CT molecular complexity index is 364. The lowest BCUT2D eigenvalue weighted by atomic mass is 9.81. The Kier molecular flexibility index (Phi) is 3.39. The standard InChI is InChI=1S/C14H23NO3/c1-9-7-15(8-10(9)13(17)18)12(16)11-5-4-6-14(11,2)3/h9-11H,4-8H2,1-3H3,(H,17,18)/t9-,10-,11?/m1/s1. The van der Waals surface area contributed by atoms with E-state index < -0.39 is 11.9 Å². The first kappa shape index (κ1) is 13.4. The number of carbonyl (C=O) groups is 2. The zero-order valence-electron chi connectivity index (χ0n) is 11.5. The van der Waals surface area contributed by atoms with Crippen molar-refractivity contribution in [3.8, 4) is 0 Å². The molecule has 0 spiro atoms. The minimum atomic E-state index is -0.775. The molecule has 0 bridgehead atoms. The predicted molar refractivity (Wildman–Crippen MR) is 68.0 cm³/mol. The van der Waals surface area contributed by atoms with E-state index in [1.54, 1.807) is 4.90 Å². The summed E-state index contributed by atoms with van der Waals surface area (Å²) in [6.07, 6.45) is 3.15. The summed E-state index contributed by atoms with van der Waals surface area (Å²) in [6.45, 7) is 7.21. The van der Waals surface area contributed by atoms with Crippen LogP contribution in [-0.2, 0) is 9.59 Å². The summed E-state index contributed by atoms with van der Waals surface area (Å²) in [5.41, 5.74) is 0.0711. The molecule has 1 aliphatic heterocycles. The van der Waals surface area contributed by atoms with Crippen LogP contribution >= 0.6 is 0 Å². The van der Waals surface area contributed by atoms with Crippen molar-refractivity contribution in [2.75, 3.05) is 13.1 Å². The molecule has 1 unspecified atom stereocenters. The molecule has 3 atom stereocenters. The third-order valence-electron chi connectivity index (χ3n) is 4.80. The average molecular weight is 253 g/mol. The lowest BCUT2D eigenvalue weighted by Gasteiger charge is -2.30. The van der Waals surface area contributed by atoms with Crippen LogP contribution in [-0.4, -0.2) is 35.0 Å². The van der Waals surface area contributed by atoms with Gasteiger partial charge in [0, 0.05) is 19.0 Å². The fourth-order valence-electron chi connectivity index (χ4n) is 3.47. The van der Waals surface area contributed by atoms with Crippen molar-refractivity contribution in [1.29, 1.82) is 0 Å². The zero-order chi connectivity index (χ0) is 13.5. The third kappa shape index (κ3) is 2.25. The summed E-state index contributed by atoms with van der Waals surface area (Å²) in [5, 5.41) is 9.11. The highest BCUT2D eigenvalue weighted by atomic mass is 16.4. The molecule has 4 nitrogen and oxygen atoms in total. The first-order valence-corrected chi connectivity index (χ1v) is 6.84. The number of amides is 1. The minimum Gasteiger partial charge on any atom is -0.481 e. The Balaban J connectivity index is 2.05. The van der Waals surface area contributed by atoms with Crippen LogP contribution in [0.4, 0.5) is 0 Å². The highest BCUT2D eigenvalue weighted by Crippen LogP contribution is 2.44. The summed E-state index contributed by atoms with van der Waals surface area (Å²) in [4.78, 5) is 25.4. The number of carbonyl (C=O) groups excluding carboxylic acids is 1. The van der Waals surface area contributed by atoms with E-state index in [4.69, 9.17) is 5.11 Å². The predicted octanol–water partition coefficient (Wildman–Crippen LogP) is 1.99. The van der Waals surface area contributed by atoms with Crippen LogP contribution in [0.2, 0.25) is 0 Å². The largest absolute Gasteiger partial charge is 0.481 e. The fourth-order valence-corrected chi connectivity index (χ4v) is 3.47. The highest BCUT2D eigenvalue weighted by Gasteiger charge is 2.44. The minimum absolute atomic E-state index is 0.0657. The van der Waals surface area contributed by atoms with Crippen LogP contribution in [0.5, 0.6) is 0 Å². The number of nitrogens with zero attached hydrogens (tertiary/aromatic N) is 1. The fraction of sp³-hybridized carbons (Fsp3) is 0.857. The van der Waals surface area contributed by atoms with Gasteiger partial charge in [-0.25, -0.2) is 0 Å². The summed E-state index contributed by atoms with van der Waals surface area (Å²) in [6, 6.07) is 0. The molecule has 0 aromatic carbocycles. The lowest BCUT2D eigenvalue weighted by molar-refractivity contribution is -0.142. The number of hydrogen-bond acceptors (Lipinski definition) is 2. The molecule has 1 saturated heterocycles. The molecule has 102 valence electrons. The number of aliphatic carboxylic acids is 1. The van der Waals surface area contributed by atoms with E-state index in [1.807, 2.05) is 6.92 Å². The molecule has 0 aromatic rings. The molecule has 2 aliphatic rings. The van der Waals surface area contributed by atoms with Crippen molar-refractivity contribution in [3.05, 3.63) is 0 Å². The summed E-state index contributed by atoms with van der Waals surface area (Å²) in [5.74, 6) is -0.844. The van der Waals surface area contributed by atoms with Gasteiger partial charge < -0.3 is 10.0 Å². The van der Waals surface area contributed by atoms with Gasteiger partial charge in [-0.1, -0.05) is 27.2 Å². The quantitative estimate of drug-likeness (QED) is 0.818. The van der Waals surface area contributed by atoms with Crippen LogP contribution in [0.15, 0.2) is 0 Å². The molecule has 18 heavy (non-hydrogen) atoms. The molecule has 2 rings (SSSR count). The number of likely N-dealkylation sites (tertiary alicyclic amines) is 1. The summed E-state index contributed by atoms with van der Waals surface area (Å²) >= 11 is 0.